The van der Waals surface area contributed by atoms with Crippen LogP contribution in [0.5, 0.6) is 0 Å². The molecule has 0 aliphatic heterocycles. The second-order valence-electron chi connectivity index (χ2n) is 4.70. The van der Waals surface area contributed by atoms with Crippen molar-refractivity contribution in [2.45, 2.75) is 12.3 Å². The molecule has 0 aliphatic rings. The van der Waals surface area contributed by atoms with Gasteiger partial charge in [-0.2, -0.15) is 0 Å². The van der Waals surface area contributed by atoms with Crippen LogP contribution in [-0.4, -0.2) is 29.3 Å². The molecule has 1 aromatic carbocycles. The molecular formula is C16H19N3O2. The Hall–Kier alpha value is -2.40. The van der Waals surface area contributed by atoms with Gasteiger partial charge in [0.05, 0.1) is 11.9 Å². The zero-order chi connectivity index (χ0) is 14.9. The SMILES string of the molecule is O=C(NCC(CCO)c1ccccc1)Nc1cccnc1. The van der Waals surface area contributed by atoms with E-state index < -0.39 is 0 Å². The summed E-state index contributed by atoms with van der Waals surface area (Å²) in [5.74, 6) is 0.0934. The number of benzene rings is 1. The molecule has 2 amide bonds. The minimum atomic E-state index is -0.276. The maximum Gasteiger partial charge on any atom is 0.319 e. The number of aromatic nitrogens is 1. The quantitative estimate of drug-likeness (QED) is 0.763. The predicted octanol–water partition coefficient (Wildman–Crippen LogP) is 2.37. The molecule has 1 atom stereocenters. The van der Waals surface area contributed by atoms with Crippen LogP contribution in [0.4, 0.5) is 10.5 Å². The molecule has 1 heterocycles. The fraction of sp³-hybridized carbons (Fsp3) is 0.250. The number of aliphatic hydroxyl groups is 1. The number of nitrogens with zero attached hydrogens (tertiary/aromatic N) is 1. The van der Waals surface area contributed by atoms with Crippen LogP contribution in [0, 0.1) is 0 Å². The van der Waals surface area contributed by atoms with Gasteiger partial charge in [-0.25, -0.2) is 4.79 Å². The van der Waals surface area contributed by atoms with Crippen LogP contribution in [0.15, 0.2) is 54.9 Å². The van der Waals surface area contributed by atoms with E-state index in [-0.39, 0.29) is 18.6 Å². The van der Waals surface area contributed by atoms with E-state index in [1.807, 2.05) is 30.3 Å². The third-order valence-electron chi connectivity index (χ3n) is 3.18. The van der Waals surface area contributed by atoms with Gasteiger partial charge in [-0.15, -0.1) is 0 Å². The largest absolute Gasteiger partial charge is 0.396 e. The summed E-state index contributed by atoms with van der Waals surface area (Å²) in [7, 11) is 0. The lowest BCUT2D eigenvalue weighted by Crippen LogP contribution is -2.32. The van der Waals surface area contributed by atoms with Crippen molar-refractivity contribution in [3.8, 4) is 0 Å². The fourth-order valence-electron chi connectivity index (χ4n) is 2.10. The molecule has 110 valence electrons. The Kier molecular flexibility index (Phi) is 5.72. The number of amides is 2. The minimum absolute atomic E-state index is 0.0888. The first-order valence-corrected chi connectivity index (χ1v) is 6.90. The second kappa shape index (κ2) is 8.01. The van der Waals surface area contributed by atoms with E-state index in [9.17, 15) is 4.79 Å². The molecule has 5 nitrogen and oxygen atoms in total. The van der Waals surface area contributed by atoms with Gasteiger partial charge in [0.15, 0.2) is 0 Å². The summed E-state index contributed by atoms with van der Waals surface area (Å²) in [6.45, 7) is 0.558. The molecule has 21 heavy (non-hydrogen) atoms. The predicted molar refractivity (Wildman–Crippen MR) is 82.1 cm³/mol. The highest BCUT2D eigenvalue weighted by molar-refractivity contribution is 5.88. The lowest BCUT2D eigenvalue weighted by molar-refractivity contribution is 0.248. The molecule has 0 spiro atoms. The van der Waals surface area contributed by atoms with Crippen molar-refractivity contribution in [3.63, 3.8) is 0 Å². The number of aliphatic hydroxyl groups excluding tert-OH is 1. The van der Waals surface area contributed by atoms with E-state index in [0.717, 1.165) is 5.56 Å². The molecule has 0 saturated carbocycles. The summed E-state index contributed by atoms with van der Waals surface area (Å²) >= 11 is 0. The van der Waals surface area contributed by atoms with Gasteiger partial charge in [0.1, 0.15) is 0 Å². The molecule has 1 unspecified atom stereocenters. The van der Waals surface area contributed by atoms with Crippen LogP contribution < -0.4 is 10.6 Å². The first kappa shape index (κ1) is 15.0. The Morgan fingerprint density at radius 1 is 1.19 bits per heavy atom. The summed E-state index contributed by atoms with van der Waals surface area (Å²) in [5, 5.41) is 14.7. The maximum absolute atomic E-state index is 11.8. The van der Waals surface area contributed by atoms with Crippen LogP contribution in [-0.2, 0) is 0 Å². The van der Waals surface area contributed by atoms with Crippen molar-refractivity contribution >= 4 is 11.7 Å². The Labute approximate surface area is 124 Å². The van der Waals surface area contributed by atoms with Gasteiger partial charge in [0.2, 0.25) is 0 Å². The van der Waals surface area contributed by atoms with Gasteiger partial charge >= 0.3 is 6.03 Å². The highest BCUT2D eigenvalue weighted by Gasteiger charge is 2.12. The van der Waals surface area contributed by atoms with Gasteiger partial charge in [0, 0.05) is 25.3 Å². The molecule has 0 saturated heterocycles. The molecule has 5 heteroatoms. The van der Waals surface area contributed by atoms with Crippen LogP contribution in [0.3, 0.4) is 0 Å². The van der Waals surface area contributed by atoms with Crippen LogP contribution in [0.25, 0.3) is 0 Å². The Morgan fingerprint density at radius 3 is 2.67 bits per heavy atom. The number of urea groups is 1. The third kappa shape index (κ3) is 4.89. The van der Waals surface area contributed by atoms with Crippen LogP contribution >= 0.6 is 0 Å². The molecule has 0 fully saturated rings. The van der Waals surface area contributed by atoms with Crippen molar-refractivity contribution in [2.75, 3.05) is 18.5 Å². The molecule has 2 aromatic rings. The Morgan fingerprint density at radius 2 is 2.00 bits per heavy atom. The Bertz CT molecular complexity index is 546. The first-order valence-electron chi connectivity index (χ1n) is 6.90. The highest BCUT2D eigenvalue weighted by Crippen LogP contribution is 2.18. The lowest BCUT2D eigenvalue weighted by atomic mass is 9.96. The van der Waals surface area contributed by atoms with Crippen LogP contribution in [0.1, 0.15) is 17.9 Å². The van der Waals surface area contributed by atoms with Crippen molar-refractivity contribution in [1.29, 1.82) is 0 Å². The molecule has 1 aromatic heterocycles. The maximum atomic E-state index is 11.8. The molecule has 0 bridgehead atoms. The van der Waals surface area contributed by atoms with Crippen LogP contribution in [0.2, 0.25) is 0 Å². The summed E-state index contributed by atoms with van der Waals surface area (Å²) < 4.78 is 0. The number of carbonyl (C=O) groups excluding carboxylic acids is 1. The standard InChI is InChI=1S/C16H19N3O2/c20-10-8-14(13-5-2-1-3-6-13)11-18-16(21)19-15-7-4-9-17-12-15/h1-7,9,12,14,20H,8,10-11H2,(H2,18,19,21). The summed E-state index contributed by atoms with van der Waals surface area (Å²) in [4.78, 5) is 15.8. The van der Waals surface area contributed by atoms with Gasteiger partial charge in [0.25, 0.3) is 0 Å². The van der Waals surface area contributed by atoms with E-state index in [2.05, 4.69) is 15.6 Å². The monoisotopic (exact) mass is 285 g/mol. The van der Waals surface area contributed by atoms with Gasteiger partial charge in [-0.3, -0.25) is 4.98 Å². The van der Waals surface area contributed by atoms with Crippen molar-refractivity contribution in [2.24, 2.45) is 0 Å². The average Bonchev–Trinajstić information content (AvgIpc) is 2.53. The van der Waals surface area contributed by atoms with Gasteiger partial charge in [-0.1, -0.05) is 30.3 Å². The van der Waals surface area contributed by atoms with E-state index in [1.165, 1.54) is 0 Å². The topological polar surface area (TPSA) is 74.2 Å². The molecule has 3 N–H and O–H groups in total. The molecule has 0 aliphatic carbocycles. The second-order valence-corrected chi connectivity index (χ2v) is 4.70. The minimum Gasteiger partial charge on any atom is -0.396 e. The van der Waals surface area contributed by atoms with Crippen molar-refractivity contribution in [3.05, 3.63) is 60.4 Å². The molecule has 2 rings (SSSR count). The Balaban J connectivity index is 1.88. The summed E-state index contributed by atoms with van der Waals surface area (Å²) in [6, 6.07) is 13.1. The average molecular weight is 285 g/mol. The number of hydrogen-bond acceptors (Lipinski definition) is 3. The first-order chi connectivity index (χ1) is 10.3. The number of hydrogen-bond donors (Lipinski definition) is 3. The summed E-state index contributed by atoms with van der Waals surface area (Å²) in [5.41, 5.74) is 1.75. The van der Waals surface area contributed by atoms with Crippen molar-refractivity contribution < 1.29 is 9.90 Å². The number of anilines is 1. The number of nitrogens with one attached hydrogen (secondary N) is 2. The third-order valence-corrected chi connectivity index (χ3v) is 3.18. The normalized spacial score (nSPS) is 11.7. The molecular weight excluding hydrogens is 266 g/mol. The summed E-state index contributed by atoms with van der Waals surface area (Å²) in [6.07, 6.45) is 3.84. The zero-order valence-corrected chi connectivity index (χ0v) is 11.7. The number of pyridine rings is 1. The zero-order valence-electron chi connectivity index (χ0n) is 11.7. The lowest BCUT2D eigenvalue weighted by Gasteiger charge is -2.17. The van der Waals surface area contributed by atoms with E-state index in [0.29, 0.717) is 18.7 Å². The van der Waals surface area contributed by atoms with E-state index in [4.69, 9.17) is 5.11 Å². The highest BCUT2D eigenvalue weighted by atomic mass is 16.3. The smallest absolute Gasteiger partial charge is 0.319 e. The van der Waals surface area contributed by atoms with Crippen molar-refractivity contribution in [1.82, 2.24) is 10.3 Å². The number of rotatable bonds is 6. The van der Waals surface area contributed by atoms with Gasteiger partial charge < -0.3 is 15.7 Å². The fourth-order valence-corrected chi connectivity index (χ4v) is 2.10. The number of carbonyl (C=O) groups is 1. The van der Waals surface area contributed by atoms with E-state index >= 15 is 0 Å². The molecule has 0 radical (unpaired) electrons. The van der Waals surface area contributed by atoms with E-state index in [1.54, 1.807) is 24.5 Å². The van der Waals surface area contributed by atoms with Gasteiger partial charge in [-0.05, 0) is 24.1 Å².